The molecule has 0 spiro atoms. The van der Waals surface area contributed by atoms with Gasteiger partial charge in [0.15, 0.2) is 0 Å². The predicted molar refractivity (Wildman–Crippen MR) is 140 cm³/mol. The second-order valence-electron chi connectivity index (χ2n) is 8.23. The number of rotatable bonds is 5. The molecule has 10 heteroatoms. The van der Waals surface area contributed by atoms with Crippen LogP contribution in [-0.4, -0.2) is 64.3 Å². The van der Waals surface area contributed by atoms with Crippen molar-refractivity contribution in [3.63, 3.8) is 0 Å². The lowest BCUT2D eigenvalue weighted by molar-refractivity contribution is -0.139. The van der Waals surface area contributed by atoms with Gasteiger partial charge in [-0.3, -0.25) is 19.3 Å². The van der Waals surface area contributed by atoms with E-state index < -0.39 is 11.1 Å². The molecule has 7 nitrogen and oxygen atoms in total. The van der Waals surface area contributed by atoms with E-state index in [9.17, 15) is 14.4 Å². The highest BCUT2D eigenvalue weighted by atomic mass is 79.9. The van der Waals surface area contributed by atoms with Crippen LogP contribution in [0.2, 0.25) is 5.02 Å². The second kappa shape index (κ2) is 10.2. The van der Waals surface area contributed by atoms with Gasteiger partial charge in [-0.05, 0) is 47.7 Å². The summed E-state index contributed by atoms with van der Waals surface area (Å²) in [4.78, 5) is 41.2. The largest absolute Gasteiger partial charge is 0.378 e. The zero-order valence-electron chi connectivity index (χ0n) is 18.6. The Balaban J connectivity index is 1.43. The van der Waals surface area contributed by atoms with Crippen LogP contribution in [0.5, 0.6) is 0 Å². The molecule has 3 heterocycles. The number of hydrogen-bond acceptors (Lipinski definition) is 5. The molecule has 2 saturated heterocycles. The molecule has 0 aliphatic carbocycles. The lowest BCUT2D eigenvalue weighted by atomic mass is 10.1. The summed E-state index contributed by atoms with van der Waals surface area (Å²) in [6, 6.07) is 13.6. The van der Waals surface area contributed by atoms with E-state index in [0.717, 1.165) is 43.2 Å². The highest BCUT2D eigenvalue weighted by molar-refractivity contribution is 9.10. The number of carbonyl (C=O) groups excluding carboxylic acids is 3. The van der Waals surface area contributed by atoms with Crippen molar-refractivity contribution in [2.75, 3.05) is 32.8 Å². The number of ether oxygens (including phenoxy) is 1. The van der Waals surface area contributed by atoms with Crippen LogP contribution in [0.1, 0.15) is 11.1 Å². The quantitative estimate of drug-likeness (QED) is 0.401. The molecule has 2 fully saturated rings. The number of aromatic nitrogens is 1. The molecule has 0 atom stereocenters. The van der Waals surface area contributed by atoms with Gasteiger partial charge in [-0.15, -0.1) is 0 Å². The fourth-order valence-electron chi connectivity index (χ4n) is 4.18. The zero-order valence-corrected chi connectivity index (χ0v) is 21.7. The van der Waals surface area contributed by atoms with Crippen molar-refractivity contribution in [2.24, 2.45) is 0 Å². The first-order valence-corrected chi connectivity index (χ1v) is 13.0. The van der Waals surface area contributed by atoms with Crippen molar-refractivity contribution in [2.45, 2.75) is 6.54 Å². The molecule has 2 aliphatic heterocycles. The van der Waals surface area contributed by atoms with Gasteiger partial charge in [0.25, 0.3) is 11.1 Å². The molecule has 2 aliphatic rings. The first kappa shape index (κ1) is 24.1. The molecule has 3 aromatic rings. The molecular weight excluding hydrogens is 554 g/mol. The maximum atomic E-state index is 13.1. The molecule has 180 valence electrons. The van der Waals surface area contributed by atoms with Gasteiger partial charge < -0.3 is 14.2 Å². The molecule has 0 N–H and O–H groups in total. The summed E-state index contributed by atoms with van der Waals surface area (Å²) >= 11 is 10.8. The van der Waals surface area contributed by atoms with E-state index >= 15 is 0 Å². The third-order valence-corrected chi connectivity index (χ3v) is 7.76. The summed E-state index contributed by atoms with van der Waals surface area (Å²) in [5, 5.41) is 1.17. The van der Waals surface area contributed by atoms with Crippen LogP contribution in [0.4, 0.5) is 4.79 Å². The van der Waals surface area contributed by atoms with Crippen molar-refractivity contribution in [1.29, 1.82) is 0 Å². The summed E-state index contributed by atoms with van der Waals surface area (Å²) in [5.74, 6) is -0.708. The lowest BCUT2D eigenvalue weighted by Gasteiger charge is -2.28. The van der Waals surface area contributed by atoms with Gasteiger partial charge >= 0.3 is 0 Å². The molecule has 2 aromatic carbocycles. The first-order valence-electron chi connectivity index (χ1n) is 11.0. The van der Waals surface area contributed by atoms with Gasteiger partial charge in [0.1, 0.15) is 6.54 Å². The van der Waals surface area contributed by atoms with Crippen LogP contribution >= 0.6 is 39.3 Å². The van der Waals surface area contributed by atoms with Gasteiger partial charge in [0.2, 0.25) is 5.91 Å². The molecule has 0 unspecified atom stereocenters. The lowest BCUT2D eigenvalue weighted by Crippen LogP contribution is -2.46. The number of fused-ring (bicyclic) bond motifs is 1. The predicted octanol–water partition coefficient (Wildman–Crippen LogP) is 5.00. The average Bonchev–Trinajstić information content (AvgIpc) is 3.32. The Morgan fingerprint density at radius 2 is 1.91 bits per heavy atom. The molecule has 0 bridgehead atoms. The number of benzene rings is 2. The smallest absolute Gasteiger partial charge is 0.294 e. The monoisotopic (exact) mass is 573 g/mol. The number of halogens is 2. The van der Waals surface area contributed by atoms with Crippen LogP contribution in [0.3, 0.4) is 0 Å². The van der Waals surface area contributed by atoms with Gasteiger partial charge in [-0.2, -0.15) is 0 Å². The fraction of sp³-hybridized carbons (Fsp3) is 0.240. The van der Waals surface area contributed by atoms with Crippen molar-refractivity contribution in [3.8, 4) is 0 Å². The zero-order chi connectivity index (χ0) is 24.5. The SMILES string of the molecule is O=C(CN1C(=O)S/C(=C\c2cn(Cc3ccccc3Cl)c3ccc(Br)cc23)C1=O)N1CCOCC1. The minimum atomic E-state index is -0.455. The fourth-order valence-corrected chi connectivity index (χ4v) is 5.56. The number of carbonyl (C=O) groups is 3. The van der Waals surface area contributed by atoms with Crippen molar-refractivity contribution in [3.05, 3.63) is 74.2 Å². The molecule has 0 radical (unpaired) electrons. The summed E-state index contributed by atoms with van der Waals surface area (Å²) in [7, 11) is 0. The van der Waals surface area contributed by atoms with E-state index in [0.29, 0.717) is 42.8 Å². The summed E-state index contributed by atoms with van der Waals surface area (Å²) < 4.78 is 8.24. The number of thioether (sulfide) groups is 1. The summed E-state index contributed by atoms with van der Waals surface area (Å²) in [5.41, 5.74) is 2.75. The van der Waals surface area contributed by atoms with E-state index in [-0.39, 0.29) is 12.5 Å². The molecule has 35 heavy (non-hydrogen) atoms. The van der Waals surface area contributed by atoms with E-state index in [1.54, 1.807) is 11.0 Å². The average molecular weight is 575 g/mol. The Morgan fingerprint density at radius 1 is 1.14 bits per heavy atom. The van der Waals surface area contributed by atoms with Crippen LogP contribution in [0.15, 0.2) is 58.0 Å². The Hall–Kier alpha value is -2.59. The van der Waals surface area contributed by atoms with Crippen LogP contribution in [0, 0.1) is 0 Å². The Kier molecular flexibility index (Phi) is 7.02. The van der Waals surface area contributed by atoms with Crippen LogP contribution < -0.4 is 0 Å². The second-order valence-corrected chi connectivity index (χ2v) is 10.5. The topological polar surface area (TPSA) is 71.9 Å². The normalized spacial score (nSPS) is 17.7. The molecule has 1 aromatic heterocycles. The van der Waals surface area contributed by atoms with Crippen molar-refractivity contribution >= 4 is 73.3 Å². The number of nitrogens with zero attached hydrogens (tertiary/aromatic N) is 3. The van der Waals surface area contributed by atoms with Gasteiger partial charge in [0, 0.05) is 51.8 Å². The first-order chi connectivity index (χ1) is 16.9. The molecule has 3 amide bonds. The van der Waals surface area contributed by atoms with E-state index in [1.807, 2.05) is 48.7 Å². The number of hydrogen-bond donors (Lipinski definition) is 0. The Labute approximate surface area is 219 Å². The minimum absolute atomic E-state index is 0.253. The highest BCUT2D eigenvalue weighted by Crippen LogP contribution is 2.35. The van der Waals surface area contributed by atoms with E-state index in [4.69, 9.17) is 16.3 Å². The molecular formula is C25H21BrClN3O4S. The van der Waals surface area contributed by atoms with Gasteiger partial charge in [0.05, 0.1) is 18.1 Å². The van der Waals surface area contributed by atoms with E-state index in [2.05, 4.69) is 20.5 Å². The van der Waals surface area contributed by atoms with E-state index in [1.165, 1.54) is 0 Å². The maximum Gasteiger partial charge on any atom is 0.294 e. The minimum Gasteiger partial charge on any atom is -0.378 e. The number of amides is 3. The third kappa shape index (κ3) is 5.04. The molecule has 0 saturated carbocycles. The van der Waals surface area contributed by atoms with Crippen LogP contribution in [-0.2, 0) is 20.9 Å². The van der Waals surface area contributed by atoms with Crippen molar-refractivity contribution in [1.82, 2.24) is 14.4 Å². The van der Waals surface area contributed by atoms with Crippen molar-refractivity contribution < 1.29 is 19.1 Å². The van der Waals surface area contributed by atoms with Crippen LogP contribution in [0.25, 0.3) is 17.0 Å². The molecule has 5 rings (SSSR count). The van der Waals surface area contributed by atoms with Gasteiger partial charge in [-0.25, -0.2) is 0 Å². The Morgan fingerprint density at radius 3 is 2.69 bits per heavy atom. The summed E-state index contributed by atoms with van der Waals surface area (Å²) in [6.45, 7) is 2.14. The highest BCUT2D eigenvalue weighted by Gasteiger charge is 2.37. The summed E-state index contributed by atoms with van der Waals surface area (Å²) in [6.07, 6.45) is 3.68. The number of morpholine rings is 1. The third-order valence-electron chi connectivity index (χ3n) is 5.99. The van der Waals surface area contributed by atoms with Gasteiger partial charge in [-0.1, -0.05) is 45.7 Å². The number of imide groups is 1. The Bertz CT molecular complexity index is 1370. The standard InChI is InChI=1S/C25H21BrClN3O4S/c26-18-5-6-21-19(12-18)17(14-29(21)13-16-3-1-2-4-20(16)27)11-22-24(32)30(25(33)35-22)15-23(31)28-7-9-34-10-8-28/h1-6,11-12,14H,7-10,13,15H2/b22-11-. The maximum absolute atomic E-state index is 13.1.